The number of hydrogen-bond donors (Lipinski definition) is 2. The molecule has 0 spiro atoms. The Kier molecular flexibility index (Phi) is 7.65. The second-order valence-corrected chi connectivity index (χ2v) is 10.3. The Morgan fingerprint density at radius 3 is 2.75 bits per heavy atom. The van der Waals surface area contributed by atoms with Crippen LogP contribution >= 0.6 is 0 Å². The van der Waals surface area contributed by atoms with E-state index in [0.29, 0.717) is 11.9 Å². The molecule has 0 aromatic carbocycles. The molecule has 2 atom stereocenters. The van der Waals surface area contributed by atoms with Crippen molar-refractivity contribution in [1.29, 1.82) is 0 Å². The molecule has 192 valence electrons. The van der Waals surface area contributed by atoms with Crippen LogP contribution in [-0.4, -0.2) is 59.5 Å². The van der Waals surface area contributed by atoms with Gasteiger partial charge in [0, 0.05) is 68.2 Å². The summed E-state index contributed by atoms with van der Waals surface area (Å²) in [4.78, 5) is 31.1. The molecular formula is C27H38N8O. The van der Waals surface area contributed by atoms with Gasteiger partial charge in [0.25, 0.3) is 5.56 Å². The minimum absolute atomic E-state index is 0.0448. The highest BCUT2D eigenvalue weighted by atomic mass is 16.1. The zero-order valence-corrected chi connectivity index (χ0v) is 21.2. The number of hydrogen-bond acceptors (Lipinski definition) is 8. The number of aromatic nitrogens is 3. The Morgan fingerprint density at radius 2 is 2.00 bits per heavy atom. The molecule has 3 N–H and O–H groups in total. The average molecular weight is 491 g/mol. The Balaban J connectivity index is 1.24. The van der Waals surface area contributed by atoms with Gasteiger partial charge in [-0.2, -0.15) is 0 Å². The van der Waals surface area contributed by atoms with Crippen LogP contribution in [0.3, 0.4) is 0 Å². The Labute approximate surface area is 213 Å². The number of rotatable bonds is 9. The second-order valence-electron chi connectivity index (χ2n) is 10.3. The van der Waals surface area contributed by atoms with E-state index in [1.54, 1.807) is 29.2 Å². The third kappa shape index (κ3) is 5.95. The number of piperidine rings is 1. The van der Waals surface area contributed by atoms with Crippen LogP contribution in [-0.2, 0) is 0 Å². The first-order valence-electron chi connectivity index (χ1n) is 13.3. The summed E-state index contributed by atoms with van der Waals surface area (Å²) in [5.74, 6) is 2.26. The monoisotopic (exact) mass is 490 g/mol. The van der Waals surface area contributed by atoms with Crippen LogP contribution in [0.15, 0.2) is 52.3 Å². The first-order valence-corrected chi connectivity index (χ1v) is 13.3. The Bertz CT molecular complexity index is 1150. The van der Waals surface area contributed by atoms with Crippen molar-refractivity contribution < 1.29 is 0 Å². The average Bonchev–Trinajstić information content (AvgIpc) is 3.58. The standard InChI is InChI=1S/C27H38N8O/c1-20(22(14-28)16-31-25-17-29-18-26(32-25)33-9-2-3-10-33)35-12-8-24(13-27(35)36)34-11-4-5-23(19-34)30-15-21-6-7-21/h8,12-14,16-18,20-21,23,30H,2-7,9-11,15,19,28H2,1H3/b22-14+,31-16+/t20?,23-/m1/s1. The van der Waals surface area contributed by atoms with Crippen molar-refractivity contribution in [3.8, 4) is 0 Å². The van der Waals surface area contributed by atoms with Crippen LogP contribution in [0.2, 0.25) is 0 Å². The lowest BCUT2D eigenvalue weighted by Crippen LogP contribution is -2.46. The number of nitrogens with zero attached hydrogens (tertiary/aromatic N) is 6. The third-order valence-electron chi connectivity index (χ3n) is 7.59. The smallest absolute Gasteiger partial charge is 0.253 e. The first kappa shape index (κ1) is 24.5. The molecule has 0 bridgehead atoms. The van der Waals surface area contributed by atoms with Gasteiger partial charge in [-0.1, -0.05) is 0 Å². The van der Waals surface area contributed by atoms with E-state index in [4.69, 9.17) is 5.73 Å². The highest BCUT2D eigenvalue weighted by Gasteiger charge is 2.25. The number of pyridine rings is 1. The number of anilines is 2. The molecule has 2 aromatic heterocycles. The fraction of sp³-hybridized carbons (Fsp3) is 0.556. The molecule has 1 unspecified atom stereocenters. The second kappa shape index (κ2) is 11.2. The van der Waals surface area contributed by atoms with E-state index in [9.17, 15) is 4.79 Å². The third-order valence-corrected chi connectivity index (χ3v) is 7.59. The van der Waals surface area contributed by atoms with Crippen molar-refractivity contribution in [3.05, 3.63) is 52.9 Å². The zero-order valence-electron chi connectivity index (χ0n) is 21.2. The van der Waals surface area contributed by atoms with Crippen molar-refractivity contribution >= 4 is 23.5 Å². The Hall–Kier alpha value is -3.20. The lowest BCUT2D eigenvalue weighted by Gasteiger charge is -2.35. The number of nitrogens with one attached hydrogen (secondary N) is 1. The van der Waals surface area contributed by atoms with E-state index >= 15 is 0 Å². The summed E-state index contributed by atoms with van der Waals surface area (Å²) < 4.78 is 1.70. The molecule has 2 aliphatic heterocycles. The van der Waals surface area contributed by atoms with E-state index in [1.807, 2.05) is 19.2 Å². The normalized spacial score (nSPS) is 21.9. The SMILES string of the molecule is CC(C(=C/N)/C=N/c1cncc(N2CCCC2)n1)n1ccc(N2CCC[C@@H](NCC3CC3)C2)cc1=O. The molecule has 1 aliphatic carbocycles. The molecule has 5 rings (SSSR count). The summed E-state index contributed by atoms with van der Waals surface area (Å²) >= 11 is 0. The van der Waals surface area contributed by atoms with Gasteiger partial charge in [-0.25, -0.2) is 9.98 Å². The molecule has 0 amide bonds. The first-order chi connectivity index (χ1) is 17.6. The van der Waals surface area contributed by atoms with Gasteiger partial charge in [0.1, 0.15) is 5.82 Å². The maximum Gasteiger partial charge on any atom is 0.253 e. The van der Waals surface area contributed by atoms with Gasteiger partial charge in [0.2, 0.25) is 0 Å². The minimum Gasteiger partial charge on any atom is -0.404 e. The summed E-state index contributed by atoms with van der Waals surface area (Å²) in [6.07, 6.45) is 15.9. The topological polar surface area (TPSA) is 105 Å². The fourth-order valence-corrected chi connectivity index (χ4v) is 5.13. The maximum absolute atomic E-state index is 13.1. The predicted octanol–water partition coefficient (Wildman–Crippen LogP) is 3.01. The van der Waals surface area contributed by atoms with Gasteiger partial charge in [0.15, 0.2) is 5.82 Å². The van der Waals surface area contributed by atoms with Crippen molar-refractivity contribution in [2.75, 3.05) is 42.5 Å². The van der Waals surface area contributed by atoms with Gasteiger partial charge < -0.3 is 25.4 Å². The van der Waals surface area contributed by atoms with Gasteiger partial charge in [-0.05, 0) is 64.0 Å². The molecule has 36 heavy (non-hydrogen) atoms. The highest BCUT2D eigenvalue weighted by Crippen LogP contribution is 2.28. The largest absolute Gasteiger partial charge is 0.404 e. The van der Waals surface area contributed by atoms with Crippen LogP contribution in [0.1, 0.15) is 51.5 Å². The van der Waals surface area contributed by atoms with Crippen molar-refractivity contribution in [2.45, 2.75) is 57.5 Å². The molecule has 3 aliphatic rings. The quantitative estimate of drug-likeness (QED) is 0.521. The number of nitrogens with two attached hydrogens (primary N) is 1. The van der Waals surface area contributed by atoms with Crippen LogP contribution in [0.25, 0.3) is 0 Å². The van der Waals surface area contributed by atoms with Gasteiger partial charge >= 0.3 is 0 Å². The number of aliphatic imine (C=N–C) groups is 1. The van der Waals surface area contributed by atoms with Crippen LogP contribution in [0, 0.1) is 5.92 Å². The molecule has 1 saturated carbocycles. The summed E-state index contributed by atoms with van der Waals surface area (Å²) in [5, 5.41) is 3.72. The van der Waals surface area contributed by atoms with E-state index < -0.39 is 0 Å². The fourth-order valence-electron chi connectivity index (χ4n) is 5.13. The Morgan fingerprint density at radius 1 is 1.19 bits per heavy atom. The molecule has 9 heteroatoms. The van der Waals surface area contributed by atoms with E-state index in [2.05, 4.69) is 30.1 Å². The highest BCUT2D eigenvalue weighted by molar-refractivity contribution is 5.81. The van der Waals surface area contributed by atoms with Crippen LogP contribution in [0.5, 0.6) is 0 Å². The van der Waals surface area contributed by atoms with Crippen LogP contribution in [0.4, 0.5) is 17.3 Å². The molecule has 2 aromatic rings. The van der Waals surface area contributed by atoms with E-state index in [0.717, 1.165) is 62.1 Å². The summed E-state index contributed by atoms with van der Waals surface area (Å²) in [6.45, 7) is 7.02. The van der Waals surface area contributed by atoms with Crippen LogP contribution < -0.4 is 26.4 Å². The van der Waals surface area contributed by atoms with E-state index in [-0.39, 0.29) is 11.6 Å². The molecule has 2 saturated heterocycles. The summed E-state index contributed by atoms with van der Waals surface area (Å²) in [7, 11) is 0. The molecule has 3 fully saturated rings. The molecule has 9 nitrogen and oxygen atoms in total. The zero-order chi connectivity index (χ0) is 24.9. The van der Waals surface area contributed by atoms with Gasteiger partial charge in [-0.3, -0.25) is 9.78 Å². The molecule has 0 radical (unpaired) electrons. The summed E-state index contributed by atoms with van der Waals surface area (Å²) in [6, 6.07) is 4.02. The van der Waals surface area contributed by atoms with Crippen molar-refractivity contribution in [1.82, 2.24) is 19.9 Å². The van der Waals surface area contributed by atoms with Gasteiger partial charge in [0.05, 0.1) is 18.4 Å². The van der Waals surface area contributed by atoms with Crippen molar-refractivity contribution in [2.24, 2.45) is 16.6 Å². The molecular weight excluding hydrogens is 452 g/mol. The lowest BCUT2D eigenvalue weighted by molar-refractivity contribution is 0.416. The maximum atomic E-state index is 13.1. The minimum atomic E-state index is -0.260. The molecule has 4 heterocycles. The predicted molar refractivity (Wildman–Crippen MR) is 145 cm³/mol. The number of allylic oxidation sites excluding steroid dienone is 1. The summed E-state index contributed by atoms with van der Waals surface area (Å²) in [5.41, 5.74) is 7.62. The lowest BCUT2D eigenvalue weighted by atomic mass is 10.0. The van der Waals surface area contributed by atoms with Crippen molar-refractivity contribution in [3.63, 3.8) is 0 Å². The van der Waals surface area contributed by atoms with Gasteiger partial charge in [-0.15, -0.1) is 0 Å². The van der Waals surface area contributed by atoms with E-state index in [1.165, 1.54) is 38.3 Å².